The van der Waals surface area contributed by atoms with E-state index in [9.17, 15) is 8.42 Å². The number of hydrogen-bond donors (Lipinski definition) is 1. The minimum Gasteiger partial charge on any atom is -0.383 e. The summed E-state index contributed by atoms with van der Waals surface area (Å²) in [4.78, 5) is 0. The molecule has 1 N–H and O–H groups in total. The van der Waals surface area contributed by atoms with Crippen LogP contribution in [-0.4, -0.2) is 45.7 Å². The smallest absolute Gasteiger partial charge is 0.153 e. The lowest BCUT2D eigenvalue weighted by atomic mass is 10.3. The predicted molar refractivity (Wildman–Crippen MR) is 46.9 cm³/mol. The summed E-state index contributed by atoms with van der Waals surface area (Å²) in [5.41, 5.74) is 0. The van der Waals surface area contributed by atoms with Gasteiger partial charge in [-0.1, -0.05) is 0 Å². The van der Waals surface area contributed by atoms with Crippen LogP contribution < -0.4 is 5.32 Å². The van der Waals surface area contributed by atoms with E-state index in [1.807, 2.05) is 6.92 Å². The zero-order chi connectivity index (χ0) is 9.19. The highest BCUT2D eigenvalue weighted by atomic mass is 32.2. The highest BCUT2D eigenvalue weighted by Gasteiger charge is 2.28. The third-order valence-corrected chi connectivity index (χ3v) is 3.77. The molecule has 0 aromatic rings. The zero-order valence-electron chi connectivity index (χ0n) is 7.41. The SMILES string of the molecule is COCC1CS(=O)(=O)CC(C)N1. The molecule has 2 unspecified atom stereocenters. The Kier molecular flexibility index (Phi) is 3.09. The minimum atomic E-state index is -2.85. The quantitative estimate of drug-likeness (QED) is 0.637. The van der Waals surface area contributed by atoms with Crippen LogP contribution in [0.5, 0.6) is 0 Å². The van der Waals surface area contributed by atoms with Gasteiger partial charge in [0, 0.05) is 19.2 Å². The van der Waals surface area contributed by atoms with Gasteiger partial charge in [-0.25, -0.2) is 8.42 Å². The molecular formula is C7H15NO3S. The lowest BCUT2D eigenvalue weighted by Crippen LogP contribution is -2.52. The Morgan fingerprint density at radius 1 is 1.50 bits per heavy atom. The van der Waals surface area contributed by atoms with E-state index >= 15 is 0 Å². The van der Waals surface area contributed by atoms with Gasteiger partial charge in [-0.05, 0) is 6.92 Å². The third kappa shape index (κ3) is 2.73. The van der Waals surface area contributed by atoms with E-state index in [4.69, 9.17) is 4.74 Å². The summed E-state index contributed by atoms with van der Waals surface area (Å²) >= 11 is 0. The topological polar surface area (TPSA) is 55.4 Å². The maximum absolute atomic E-state index is 11.3. The molecule has 0 amide bonds. The van der Waals surface area contributed by atoms with Gasteiger partial charge in [0.2, 0.25) is 0 Å². The summed E-state index contributed by atoms with van der Waals surface area (Å²) in [6, 6.07) is 0.00708. The normalized spacial score (nSPS) is 34.8. The van der Waals surface area contributed by atoms with Crippen LogP contribution >= 0.6 is 0 Å². The van der Waals surface area contributed by atoms with Crippen LogP contribution in [0.15, 0.2) is 0 Å². The largest absolute Gasteiger partial charge is 0.383 e. The molecule has 1 saturated heterocycles. The molecule has 0 bridgehead atoms. The van der Waals surface area contributed by atoms with Gasteiger partial charge in [-0.15, -0.1) is 0 Å². The van der Waals surface area contributed by atoms with Crippen molar-refractivity contribution in [2.45, 2.75) is 19.0 Å². The summed E-state index contributed by atoms with van der Waals surface area (Å²) in [5.74, 6) is 0.443. The maximum Gasteiger partial charge on any atom is 0.153 e. The Morgan fingerprint density at radius 3 is 2.67 bits per heavy atom. The third-order valence-electron chi connectivity index (χ3n) is 1.85. The Hall–Kier alpha value is -0.130. The molecule has 0 aromatic heterocycles. The Labute approximate surface area is 73.2 Å². The van der Waals surface area contributed by atoms with Crippen molar-refractivity contribution in [3.63, 3.8) is 0 Å². The van der Waals surface area contributed by atoms with E-state index in [1.165, 1.54) is 0 Å². The first kappa shape index (κ1) is 9.95. The van der Waals surface area contributed by atoms with Crippen molar-refractivity contribution in [3.05, 3.63) is 0 Å². The molecule has 5 heteroatoms. The van der Waals surface area contributed by atoms with E-state index in [-0.39, 0.29) is 23.6 Å². The van der Waals surface area contributed by atoms with Crippen molar-refractivity contribution in [1.82, 2.24) is 5.32 Å². The number of hydrogen-bond acceptors (Lipinski definition) is 4. The molecule has 1 aliphatic rings. The average Bonchev–Trinajstić information content (AvgIpc) is 1.82. The van der Waals surface area contributed by atoms with Crippen LogP contribution in [0.1, 0.15) is 6.92 Å². The Bertz CT molecular complexity index is 237. The molecule has 72 valence electrons. The van der Waals surface area contributed by atoms with Gasteiger partial charge in [-0.2, -0.15) is 0 Å². The standard InChI is InChI=1S/C7H15NO3S/c1-6-4-12(9,10)5-7(8-6)3-11-2/h6-8H,3-5H2,1-2H3. The van der Waals surface area contributed by atoms with Crippen LogP contribution in [0.3, 0.4) is 0 Å². The van der Waals surface area contributed by atoms with Crippen molar-refractivity contribution >= 4 is 9.84 Å². The van der Waals surface area contributed by atoms with Gasteiger partial charge in [-0.3, -0.25) is 0 Å². The molecular weight excluding hydrogens is 178 g/mol. The van der Waals surface area contributed by atoms with Crippen molar-refractivity contribution < 1.29 is 13.2 Å². The van der Waals surface area contributed by atoms with Gasteiger partial charge in [0.05, 0.1) is 18.1 Å². The fraction of sp³-hybridized carbons (Fsp3) is 1.00. The van der Waals surface area contributed by atoms with Gasteiger partial charge in [0.1, 0.15) is 0 Å². The second kappa shape index (κ2) is 3.72. The minimum absolute atomic E-state index is 0.0382. The van der Waals surface area contributed by atoms with Crippen LogP contribution in [0.2, 0.25) is 0 Å². The summed E-state index contributed by atoms with van der Waals surface area (Å²) in [6.07, 6.45) is 0. The number of nitrogens with one attached hydrogen (secondary N) is 1. The van der Waals surface area contributed by atoms with Crippen LogP contribution in [0.25, 0.3) is 0 Å². The van der Waals surface area contributed by atoms with Gasteiger partial charge >= 0.3 is 0 Å². The number of ether oxygens (including phenoxy) is 1. The second-order valence-corrected chi connectivity index (χ2v) is 5.45. The molecule has 0 radical (unpaired) electrons. The summed E-state index contributed by atoms with van der Waals surface area (Å²) in [5, 5.41) is 3.17. The molecule has 0 aliphatic carbocycles. The van der Waals surface area contributed by atoms with E-state index in [2.05, 4.69) is 5.32 Å². The predicted octanol–water partition coefficient (Wildman–Crippen LogP) is -0.592. The van der Waals surface area contributed by atoms with Crippen LogP contribution in [0.4, 0.5) is 0 Å². The number of rotatable bonds is 2. The molecule has 1 aliphatic heterocycles. The molecule has 4 nitrogen and oxygen atoms in total. The number of sulfone groups is 1. The molecule has 12 heavy (non-hydrogen) atoms. The molecule has 1 rings (SSSR count). The van der Waals surface area contributed by atoms with Crippen LogP contribution in [0, 0.1) is 0 Å². The van der Waals surface area contributed by atoms with Crippen molar-refractivity contribution in [2.24, 2.45) is 0 Å². The fourth-order valence-corrected chi connectivity index (χ4v) is 3.35. The molecule has 0 aromatic carbocycles. The first-order chi connectivity index (χ1) is 5.53. The molecule has 1 fully saturated rings. The van der Waals surface area contributed by atoms with Crippen molar-refractivity contribution in [3.8, 4) is 0 Å². The monoisotopic (exact) mass is 193 g/mol. The van der Waals surface area contributed by atoms with Crippen molar-refractivity contribution in [2.75, 3.05) is 25.2 Å². The lowest BCUT2D eigenvalue weighted by molar-refractivity contribution is 0.167. The van der Waals surface area contributed by atoms with E-state index in [0.717, 1.165) is 0 Å². The first-order valence-electron chi connectivity index (χ1n) is 3.99. The van der Waals surface area contributed by atoms with Gasteiger partial charge in [0.15, 0.2) is 9.84 Å². The van der Waals surface area contributed by atoms with E-state index in [0.29, 0.717) is 6.61 Å². The highest BCUT2D eigenvalue weighted by Crippen LogP contribution is 2.06. The van der Waals surface area contributed by atoms with Gasteiger partial charge < -0.3 is 10.1 Å². The zero-order valence-corrected chi connectivity index (χ0v) is 8.23. The summed E-state index contributed by atoms with van der Waals surface area (Å²) < 4.78 is 27.4. The van der Waals surface area contributed by atoms with E-state index in [1.54, 1.807) is 7.11 Å². The summed E-state index contributed by atoms with van der Waals surface area (Å²) in [6.45, 7) is 2.34. The van der Waals surface area contributed by atoms with Crippen molar-refractivity contribution in [1.29, 1.82) is 0 Å². The molecule has 1 heterocycles. The highest BCUT2D eigenvalue weighted by molar-refractivity contribution is 7.91. The fourth-order valence-electron chi connectivity index (χ4n) is 1.55. The summed E-state index contributed by atoms with van der Waals surface area (Å²) in [7, 11) is -1.27. The molecule has 0 spiro atoms. The Balaban J connectivity index is 2.58. The average molecular weight is 193 g/mol. The molecule has 2 atom stereocenters. The lowest BCUT2D eigenvalue weighted by Gasteiger charge is -2.27. The van der Waals surface area contributed by atoms with Crippen LogP contribution in [-0.2, 0) is 14.6 Å². The Morgan fingerprint density at radius 2 is 2.17 bits per heavy atom. The van der Waals surface area contributed by atoms with Gasteiger partial charge in [0.25, 0.3) is 0 Å². The number of methoxy groups -OCH3 is 1. The maximum atomic E-state index is 11.3. The first-order valence-corrected chi connectivity index (χ1v) is 5.81. The van der Waals surface area contributed by atoms with E-state index < -0.39 is 9.84 Å². The molecule has 0 saturated carbocycles. The second-order valence-electron chi connectivity index (χ2n) is 3.30.